The number of nitrogens with one attached hydrogen (secondary N) is 1. The summed E-state index contributed by atoms with van der Waals surface area (Å²) in [7, 11) is 0. The van der Waals surface area contributed by atoms with Gasteiger partial charge in [0.15, 0.2) is 0 Å². The summed E-state index contributed by atoms with van der Waals surface area (Å²) in [4.78, 5) is 36.5. The number of carbonyl (C=O) groups excluding carboxylic acids is 3. The van der Waals surface area contributed by atoms with Crippen molar-refractivity contribution in [1.29, 1.82) is 0 Å². The molecule has 3 atom stereocenters. The first kappa shape index (κ1) is 16.4. The molecule has 0 aromatic rings. The van der Waals surface area contributed by atoms with Crippen LogP contribution in [0.15, 0.2) is 0 Å². The third-order valence-corrected chi connectivity index (χ3v) is 3.35. The lowest BCUT2D eigenvalue weighted by molar-refractivity contribution is -0.143. The number of carbonyl (C=O) groups is 3. The number of amides is 3. The van der Waals surface area contributed by atoms with Gasteiger partial charge in [0.05, 0.1) is 6.10 Å². The summed E-state index contributed by atoms with van der Waals surface area (Å²) in [6.45, 7) is 6.83. The van der Waals surface area contributed by atoms with Gasteiger partial charge in [-0.3, -0.25) is 14.4 Å². The topological polar surface area (TPSA) is 113 Å². The molecule has 1 aliphatic rings. The number of aliphatic hydroxyl groups excluding tert-OH is 1. The van der Waals surface area contributed by atoms with Crippen LogP contribution in [-0.2, 0) is 14.4 Å². The predicted molar refractivity (Wildman–Crippen MR) is 72.4 cm³/mol. The Kier molecular flexibility index (Phi) is 4.75. The van der Waals surface area contributed by atoms with Crippen LogP contribution in [0.1, 0.15) is 34.1 Å². The fourth-order valence-corrected chi connectivity index (χ4v) is 2.34. The Bertz CT molecular complexity index is 416. The monoisotopic (exact) mass is 285 g/mol. The molecule has 0 aromatic heterocycles. The van der Waals surface area contributed by atoms with Crippen molar-refractivity contribution in [3.05, 3.63) is 0 Å². The molecule has 0 spiro atoms. The van der Waals surface area contributed by atoms with Crippen molar-refractivity contribution in [3.8, 4) is 0 Å². The van der Waals surface area contributed by atoms with Crippen molar-refractivity contribution in [1.82, 2.24) is 10.2 Å². The van der Waals surface area contributed by atoms with Gasteiger partial charge in [0, 0.05) is 19.9 Å². The lowest BCUT2D eigenvalue weighted by atomic mass is 9.85. The van der Waals surface area contributed by atoms with Gasteiger partial charge >= 0.3 is 0 Å². The first-order chi connectivity index (χ1) is 9.04. The van der Waals surface area contributed by atoms with Gasteiger partial charge in [-0.25, -0.2) is 0 Å². The summed E-state index contributed by atoms with van der Waals surface area (Å²) >= 11 is 0. The van der Waals surface area contributed by atoms with Crippen molar-refractivity contribution < 1.29 is 19.5 Å². The van der Waals surface area contributed by atoms with Crippen LogP contribution in [0.5, 0.6) is 0 Å². The molecule has 114 valence electrons. The summed E-state index contributed by atoms with van der Waals surface area (Å²) in [5.74, 6) is -1.37. The van der Waals surface area contributed by atoms with E-state index in [-0.39, 0.29) is 18.9 Å². The Morgan fingerprint density at radius 1 is 1.35 bits per heavy atom. The minimum Gasteiger partial charge on any atom is -0.391 e. The molecule has 4 N–H and O–H groups in total. The van der Waals surface area contributed by atoms with Gasteiger partial charge in [-0.15, -0.1) is 0 Å². The summed E-state index contributed by atoms with van der Waals surface area (Å²) in [6.07, 6.45) is -0.632. The van der Waals surface area contributed by atoms with Crippen molar-refractivity contribution >= 4 is 17.7 Å². The maximum Gasteiger partial charge on any atom is 0.246 e. The molecule has 1 heterocycles. The number of nitrogens with two attached hydrogens (primary N) is 1. The SMILES string of the molecule is CC(=O)N[C@H](C(=O)N1CC(O)CC1C(N)=O)C(C)(C)C. The standard InChI is InChI=1S/C13H23N3O4/c1-7(17)15-10(13(2,3)4)12(20)16-6-8(18)5-9(16)11(14)19/h8-10,18H,5-6H2,1-4H3,(H2,14,19)(H,15,17)/t8?,9?,10-/m1/s1. The summed E-state index contributed by atoms with van der Waals surface area (Å²) in [6, 6.07) is -1.59. The number of nitrogens with zero attached hydrogens (tertiary/aromatic N) is 1. The van der Waals surface area contributed by atoms with Gasteiger partial charge in [0.1, 0.15) is 12.1 Å². The first-order valence-electron chi connectivity index (χ1n) is 6.59. The zero-order valence-electron chi connectivity index (χ0n) is 12.3. The highest BCUT2D eigenvalue weighted by Gasteiger charge is 2.43. The van der Waals surface area contributed by atoms with Gasteiger partial charge in [0.25, 0.3) is 0 Å². The van der Waals surface area contributed by atoms with E-state index < -0.39 is 35.4 Å². The smallest absolute Gasteiger partial charge is 0.246 e. The number of hydrogen-bond donors (Lipinski definition) is 3. The fourth-order valence-electron chi connectivity index (χ4n) is 2.34. The number of likely N-dealkylation sites (tertiary alicyclic amines) is 1. The normalized spacial score (nSPS) is 24.4. The van der Waals surface area contributed by atoms with E-state index in [4.69, 9.17) is 5.73 Å². The molecule has 2 unspecified atom stereocenters. The molecule has 7 heteroatoms. The lowest BCUT2D eigenvalue weighted by Crippen LogP contribution is -2.57. The Balaban J connectivity index is 2.99. The van der Waals surface area contributed by atoms with Crippen LogP contribution < -0.4 is 11.1 Å². The predicted octanol–water partition coefficient (Wildman–Crippen LogP) is -1.02. The van der Waals surface area contributed by atoms with Crippen LogP contribution in [0.3, 0.4) is 0 Å². The number of hydrogen-bond acceptors (Lipinski definition) is 4. The average Bonchev–Trinajstić information content (AvgIpc) is 2.65. The van der Waals surface area contributed by atoms with Crippen LogP contribution in [0.25, 0.3) is 0 Å². The first-order valence-corrected chi connectivity index (χ1v) is 6.59. The fraction of sp³-hybridized carbons (Fsp3) is 0.769. The number of rotatable bonds is 3. The van der Waals surface area contributed by atoms with Crippen LogP contribution >= 0.6 is 0 Å². The minimum absolute atomic E-state index is 0.0542. The number of β-amino-alcohol motifs (C(OH)–C–C–N with tert-alkyl or cyclic N) is 1. The largest absolute Gasteiger partial charge is 0.391 e. The van der Waals surface area contributed by atoms with E-state index in [1.165, 1.54) is 11.8 Å². The maximum atomic E-state index is 12.6. The summed E-state index contributed by atoms with van der Waals surface area (Å²) in [5.41, 5.74) is 4.75. The molecule has 1 aliphatic heterocycles. The van der Waals surface area contributed by atoms with Crippen molar-refractivity contribution in [3.63, 3.8) is 0 Å². The van der Waals surface area contributed by atoms with Gasteiger partial charge in [-0.05, 0) is 5.41 Å². The average molecular weight is 285 g/mol. The highest BCUT2D eigenvalue weighted by molar-refractivity contribution is 5.92. The Morgan fingerprint density at radius 3 is 2.30 bits per heavy atom. The highest BCUT2D eigenvalue weighted by atomic mass is 16.3. The molecule has 3 amide bonds. The third kappa shape index (κ3) is 3.69. The van der Waals surface area contributed by atoms with Gasteiger partial charge < -0.3 is 21.1 Å². The van der Waals surface area contributed by atoms with E-state index in [1.807, 2.05) is 20.8 Å². The second kappa shape index (κ2) is 5.78. The van der Waals surface area contributed by atoms with Crippen LogP contribution in [0.4, 0.5) is 0 Å². The van der Waals surface area contributed by atoms with E-state index in [1.54, 1.807) is 0 Å². The Morgan fingerprint density at radius 2 is 1.90 bits per heavy atom. The van der Waals surface area contributed by atoms with E-state index in [0.717, 1.165) is 0 Å². The van der Waals surface area contributed by atoms with E-state index in [9.17, 15) is 19.5 Å². The molecule has 1 saturated heterocycles. The molecule has 1 rings (SSSR count). The molecule has 0 saturated carbocycles. The maximum absolute atomic E-state index is 12.6. The molecule has 1 fully saturated rings. The summed E-state index contributed by atoms with van der Waals surface area (Å²) < 4.78 is 0. The van der Waals surface area contributed by atoms with Gasteiger partial charge in [0.2, 0.25) is 17.7 Å². The molecule has 0 bridgehead atoms. The van der Waals surface area contributed by atoms with Crippen molar-refractivity contribution in [2.45, 2.75) is 52.3 Å². The van der Waals surface area contributed by atoms with Crippen LogP contribution in [-0.4, -0.2) is 52.5 Å². The third-order valence-electron chi connectivity index (χ3n) is 3.35. The molecule has 0 aromatic carbocycles. The molecular formula is C13H23N3O4. The van der Waals surface area contributed by atoms with E-state index in [0.29, 0.717) is 0 Å². The zero-order chi connectivity index (χ0) is 15.7. The molecule has 7 nitrogen and oxygen atoms in total. The van der Waals surface area contributed by atoms with Crippen LogP contribution in [0, 0.1) is 5.41 Å². The lowest BCUT2D eigenvalue weighted by Gasteiger charge is -2.34. The Hall–Kier alpha value is -1.63. The Labute approximate surface area is 118 Å². The summed E-state index contributed by atoms with van der Waals surface area (Å²) in [5, 5.41) is 12.3. The molecule has 0 aliphatic carbocycles. The molecular weight excluding hydrogens is 262 g/mol. The number of aliphatic hydroxyl groups is 1. The van der Waals surface area contributed by atoms with Crippen molar-refractivity contribution in [2.75, 3.05) is 6.54 Å². The number of primary amides is 1. The second-order valence-electron chi connectivity index (χ2n) is 6.30. The van der Waals surface area contributed by atoms with E-state index in [2.05, 4.69) is 5.32 Å². The highest BCUT2D eigenvalue weighted by Crippen LogP contribution is 2.25. The molecule has 0 radical (unpaired) electrons. The van der Waals surface area contributed by atoms with Crippen molar-refractivity contribution in [2.24, 2.45) is 11.1 Å². The quantitative estimate of drug-likeness (QED) is 0.616. The second-order valence-corrected chi connectivity index (χ2v) is 6.30. The van der Waals surface area contributed by atoms with E-state index >= 15 is 0 Å². The van der Waals surface area contributed by atoms with Crippen LogP contribution in [0.2, 0.25) is 0 Å². The van der Waals surface area contributed by atoms with Gasteiger partial charge in [-0.2, -0.15) is 0 Å². The zero-order valence-corrected chi connectivity index (χ0v) is 12.3. The van der Waals surface area contributed by atoms with Gasteiger partial charge in [-0.1, -0.05) is 20.8 Å². The molecule has 20 heavy (non-hydrogen) atoms. The minimum atomic E-state index is -0.823.